The Hall–Kier alpha value is -2.01. The van der Waals surface area contributed by atoms with Gasteiger partial charge in [0, 0.05) is 11.6 Å². The predicted molar refractivity (Wildman–Crippen MR) is 86.1 cm³/mol. The van der Waals surface area contributed by atoms with Gasteiger partial charge in [-0.15, -0.1) is 11.3 Å². The van der Waals surface area contributed by atoms with Gasteiger partial charge in [-0.1, -0.05) is 0 Å². The summed E-state index contributed by atoms with van der Waals surface area (Å²) in [5.74, 6) is -81.4. The fourth-order valence-corrected chi connectivity index (χ4v) is 2.80. The standard InChI is InChI=1S/C14H3ClF20N2OS/c15-14(34,35)13(32,33)12(30,31)11(28,29)10(26,27)9(24,25)8(22,23)7(20,21)6(18,19)5(16,17)3(38)37-4-36-1-2-39-4/h1-2H,(H,36,37,38). The highest BCUT2D eigenvalue weighted by Crippen LogP contribution is 2.66. The fourth-order valence-electron chi connectivity index (χ4n) is 2.16. The van der Waals surface area contributed by atoms with Gasteiger partial charge in [0.1, 0.15) is 0 Å². The van der Waals surface area contributed by atoms with Crippen LogP contribution in [0, 0.1) is 0 Å². The normalized spacial score (nSPS) is 15.9. The summed E-state index contributed by atoms with van der Waals surface area (Å²) in [5, 5.41) is -6.90. The fraction of sp³-hybridized carbons (Fsp3) is 0.714. The minimum Gasteiger partial charge on any atom is -0.296 e. The van der Waals surface area contributed by atoms with Crippen LogP contribution in [0.2, 0.25) is 0 Å². The van der Waals surface area contributed by atoms with Crippen molar-refractivity contribution in [2.45, 2.75) is 58.7 Å². The summed E-state index contributed by atoms with van der Waals surface area (Å²) in [7, 11) is 0. The molecular formula is C14H3ClF20N2OS. The van der Waals surface area contributed by atoms with Crippen LogP contribution in [0.1, 0.15) is 0 Å². The Labute approximate surface area is 208 Å². The Kier molecular flexibility index (Phi) is 8.31. The number of nitrogens with one attached hydrogen (secondary N) is 1. The molecule has 1 N–H and O–H groups in total. The second-order valence-electron chi connectivity index (χ2n) is 6.96. The molecule has 1 aromatic heterocycles. The molecule has 0 aliphatic heterocycles. The van der Waals surface area contributed by atoms with Crippen molar-refractivity contribution in [2.75, 3.05) is 5.32 Å². The molecule has 0 bridgehead atoms. The summed E-state index contributed by atoms with van der Waals surface area (Å²) in [6.45, 7) is 0. The lowest BCUT2D eigenvalue weighted by atomic mass is 9.86. The van der Waals surface area contributed by atoms with Crippen molar-refractivity contribution in [3.63, 3.8) is 0 Å². The van der Waals surface area contributed by atoms with Crippen LogP contribution in [0.5, 0.6) is 0 Å². The first-order valence-electron chi connectivity index (χ1n) is 8.43. The van der Waals surface area contributed by atoms with Gasteiger partial charge in [-0.25, -0.2) is 4.98 Å². The number of rotatable bonds is 11. The van der Waals surface area contributed by atoms with Gasteiger partial charge in [-0.2, -0.15) is 87.8 Å². The van der Waals surface area contributed by atoms with Gasteiger partial charge in [0.2, 0.25) is 0 Å². The lowest BCUT2D eigenvalue weighted by molar-refractivity contribution is -0.464. The molecule has 0 radical (unpaired) electrons. The number of aromatic nitrogens is 1. The zero-order valence-corrected chi connectivity index (χ0v) is 18.4. The van der Waals surface area contributed by atoms with Crippen LogP contribution in [0.15, 0.2) is 11.6 Å². The second-order valence-corrected chi connectivity index (χ2v) is 8.33. The van der Waals surface area contributed by atoms with Crippen molar-refractivity contribution in [3.05, 3.63) is 11.6 Å². The molecule has 39 heavy (non-hydrogen) atoms. The Morgan fingerprint density at radius 2 is 0.897 bits per heavy atom. The van der Waals surface area contributed by atoms with Crippen LogP contribution in [0.3, 0.4) is 0 Å². The number of hydrogen-bond acceptors (Lipinski definition) is 3. The Morgan fingerprint density at radius 1 is 0.590 bits per heavy atom. The number of carbonyl (C=O) groups excluding carboxylic acids is 1. The zero-order valence-electron chi connectivity index (χ0n) is 16.9. The topological polar surface area (TPSA) is 42.0 Å². The number of carbonyl (C=O) groups is 1. The van der Waals surface area contributed by atoms with E-state index < -0.39 is 69.7 Å². The van der Waals surface area contributed by atoms with E-state index in [0.717, 1.165) is 5.38 Å². The first-order valence-corrected chi connectivity index (χ1v) is 9.69. The van der Waals surface area contributed by atoms with Crippen LogP contribution >= 0.6 is 22.9 Å². The van der Waals surface area contributed by atoms with Crippen molar-refractivity contribution in [1.29, 1.82) is 0 Å². The molecule has 1 rings (SSSR count). The van der Waals surface area contributed by atoms with Gasteiger partial charge >= 0.3 is 64.6 Å². The van der Waals surface area contributed by atoms with E-state index in [1.54, 1.807) is 0 Å². The van der Waals surface area contributed by atoms with Crippen molar-refractivity contribution in [1.82, 2.24) is 4.98 Å². The van der Waals surface area contributed by atoms with Gasteiger partial charge in [-0.05, 0) is 11.6 Å². The predicted octanol–water partition coefficient (Wildman–Crippen LogP) is 7.63. The summed E-state index contributed by atoms with van der Waals surface area (Å²) < 4.78 is 268. The van der Waals surface area contributed by atoms with Gasteiger partial charge in [0.15, 0.2) is 5.13 Å². The third-order valence-corrected chi connectivity index (χ3v) is 5.37. The number of hydrogen-bond donors (Lipinski definition) is 1. The first kappa shape index (κ1) is 35.0. The van der Waals surface area contributed by atoms with E-state index in [9.17, 15) is 92.6 Å². The zero-order chi connectivity index (χ0) is 31.7. The number of alkyl halides is 21. The van der Waals surface area contributed by atoms with Crippen LogP contribution in [0.25, 0.3) is 0 Å². The van der Waals surface area contributed by atoms with E-state index in [-0.39, 0.29) is 11.3 Å². The number of halogens is 21. The minimum atomic E-state index is -9.18. The summed E-state index contributed by atoms with van der Waals surface area (Å²) in [4.78, 5) is 14.1. The third kappa shape index (κ3) is 4.51. The van der Waals surface area contributed by atoms with E-state index in [4.69, 9.17) is 0 Å². The Bertz CT molecular complexity index is 1050. The summed E-state index contributed by atoms with van der Waals surface area (Å²) in [5.41, 5.74) is 0. The summed E-state index contributed by atoms with van der Waals surface area (Å²) in [6.07, 6.45) is 0.613. The second kappa shape index (κ2) is 9.26. The molecule has 228 valence electrons. The molecule has 0 spiro atoms. The van der Waals surface area contributed by atoms with Crippen molar-refractivity contribution < 1.29 is 92.6 Å². The third-order valence-electron chi connectivity index (χ3n) is 4.45. The molecule has 0 saturated heterocycles. The monoisotopic (exact) mass is 662 g/mol. The van der Waals surface area contributed by atoms with Crippen LogP contribution in [0.4, 0.5) is 92.9 Å². The van der Waals surface area contributed by atoms with E-state index in [0.29, 0.717) is 11.5 Å². The van der Waals surface area contributed by atoms with E-state index in [1.165, 1.54) is 0 Å². The molecule has 3 nitrogen and oxygen atoms in total. The van der Waals surface area contributed by atoms with E-state index >= 15 is 0 Å². The Morgan fingerprint density at radius 3 is 1.18 bits per heavy atom. The number of nitrogens with zero attached hydrogens (tertiary/aromatic N) is 1. The maximum Gasteiger partial charge on any atom is 0.393 e. The van der Waals surface area contributed by atoms with E-state index in [2.05, 4.69) is 16.6 Å². The van der Waals surface area contributed by atoms with Gasteiger partial charge in [0.25, 0.3) is 0 Å². The highest BCUT2D eigenvalue weighted by atomic mass is 35.5. The molecule has 1 heterocycles. The molecule has 1 amide bonds. The lowest BCUT2D eigenvalue weighted by Gasteiger charge is -2.44. The maximum atomic E-state index is 13.7. The molecule has 0 aromatic carbocycles. The molecule has 0 unspecified atom stereocenters. The molecule has 0 saturated carbocycles. The van der Waals surface area contributed by atoms with Crippen molar-refractivity contribution >= 4 is 34.0 Å². The van der Waals surface area contributed by atoms with Crippen molar-refractivity contribution in [2.24, 2.45) is 0 Å². The number of thiazole rings is 1. The van der Waals surface area contributed by atoms with Crippen LogP contribution in [-0.4, -0.2) is 69.6 Å². The minimum absolute atomic E-state index is 0.0527. The van der Waals surface area contributed by atoms with Crippen LogP contribution < -0.4 is 5.32 Å². The first-order chi connectivity index (χ1) is 16.7. The molecule has 1 aromatic rings. The molecule has 0 aliphatic carbocycles. The molecule has 25 heteroatoms. The van der Waals surface area contributed by atoms with Gasteiger partial charge < -0.3 is 0 Å². The van der Waals surface area contributed by atoms with E-state index in [1.807, 2.05) is 0 Å². The lowest BCUT2D eigenvalue weighted by Crippen LogP contribution is -2.77. The summed E-state index contributed by atoms with van der Waals surface area (Å²) >= 11 is 3.36. The molecule has 0 atom stereocenters. The Balaban J connectivity index is 3.72. The summed E-state index contributed by atoms with van der Waals surface area (Å²) in [6, 6.07) is 0. The largest absolute Gasteiger partial charge is 0.393 e. The SMILES string of the molecule is O=C(Nc1nccs1)C(F)(F)C(F)(F)C(F)(F)C(F)(F)C(F)(F)C(F)(F)C(F)(F)C(F)(F)C(F)(F)C(F)(F)Cl. The van der Waals surface area contributed by atoms with Crippen molar-refractivity contribution in [3.8, 4) is 0 Å². The quantitative estimate of drug-likeness (QED) is 0.196. The average molecular weight is 663 g/mol. The van der Waals surface area contributed by atoms with Crippen LogP contribution in [-0.2, 0) is 4.79 Å². The smallest absolute Gasteiger partial charge is 0.296 e. The molecule has 0 aliphatic rings. The molecule has 0 fully saturated rings. The highest BCUT2D eigenvalue weighted by Gasteiger charge is 2.98. The van der Waals surface area contributed by atoms with Gasteiger partial charge in [0.05, 0.1) is 0 Å². The molecular weight excluding hydrogens is 660 g/mol. The average Bonchev–Trinajstić information content (AvgIpc) is 3.24. The maximum absolute atomic E-state index is 13.7. The van der Waals surface area contributed by atoms with Gasteiger partial charge in [-0.3, -0.25) is 10.1 Å². The number of amides is 1. The highest BCUT2D eigenvalue weighted by molar-refractivity contribution is 7.13. The number of anilines is 1.